The molecule has 0 radical (unpaired) electrons. The van der Waals surface area contributed by atoms with Crippen molar-refractivity contribution in [2.75, 3.05) is 61.2 Å². The van der Waals surface area contributed by atoms with Crippen molar-refractivity contribution in [3.05, 3.63) is 48.5 Å². The first-order valence-electron chi connectivity index (χ1n) is 10.6. The Bertz CT molecular complexity index is 1080. The minimum absolute atomic E-state index is 0.555. The van der Waals surface area contributed by atoms with Gasteiger partial charge in [0, 0.05) is 27.3 Å². The molecule has 10 nitrogen and oxygen atoms in total. The molecule has 32 heavy (non-hydrogen) atoms. The molecule has 0 spiro atoms. The number of ether oxygens (including phenoxy) is 2. The van der Waals surface area contributed by atoms with E-state index in [1.165, 1.54) is 0 Å². The molecule has 0 atom stereocenters. The molecule has 2 aromatic heterocycles. The number of para-hydroxylation sites is 2. The molecule has 0 unspecified atom stereocenters. The standard InChI is InChI=1S/C22H30N8O2/c1-27(13-15-31-3)17-22(28(2)14-16-32-4,29-20-11-7-5-9-18(20)23-25-29)30-21-12-8-6-10-19(21)24-26-30/h5-12H,13-17H2,1-4H3. The summed E-state index contributed by atoms with van der Waals surface area (Å²) >= 11 is 0. The fraction of sp³-hybridized carbons (Fsp3) is 0.455. The highest BCUT2D eigenvalue weighted by atomic mass is 16.5. The first kappa shape index (κ1) is 22.3. The summed E-state index contributed by atoms with van der Waals surface area (Å²) in [5.74, 6) is -0.854. The van der Waals surface area contributed by atoms with Crippen LogP contribution in [0.3, 0.4) is 0 Å². The molecular formula is C22H30N8O2. The number of benzene rings is 2. The number of aromatic nitrogens is 6. The van der Waals surface area contributed by atoms with Crippen LogP contribution in [0.2, 0.25) is 0 Å². The SMILES string of the molecule is COCCN(C)CC(N(C)CCOC)(n1nnc2ccccc21)n1nnc2ccccc21. The average molecular weight is 439 g/mol. The molecule has 0 bridgehead atoms. The van der Waals surface area contributed by atoms with E-state index in [-0.39, 0.29) is 0 Å². The number of fused-ring (bicyclic) bond motifs is 2. The van der Waals surface area contributed by atoms with Crippen molar-refractivity contribution in [2.45, 2.75) is 5.79 Å². The number of hydrogen-bond acceptors (Lipinski definition) is 8. The summed E-state index contributed by atoms with van der Waals surface area (Å²) in [6.07, 6.45) is 0. The normalized spacial score (nSPS) is 12.6. The topological polar surface area (TPSA) is 86.4 Å². The van der Waals surface area contributed by atoms with Gasteiger partial charge in [0.25, 0.3) is 0 Å². The molecule has 0 amide bonds. The van der Waals surface area contributed by atoms with Gasteiger partial charge in [-0.05, 0) is 38.4 Å². The quantitative estimate of drug-likeness (QED) is 0.348. The van der Waals surface area contributed by atoms with Crippen molar-refractivity contribution in [3.63, 3.8) is 0 Å². The minimum Gasteiger partial charge on any atom is -0.383 e. The van der Waals surface area contributed by atoms with E-state index in [0.717, 1.165) is 28.6 Å². The zero-order valence-electron chi connectivity index (χ0n) is 19.0. The van der Waals surface area contributed by atoms with Gasteiger partial charge in [0.2, 0.25) is 5.79 Å². The Labute approximate surface area is 187 Å². The summed E-state index contributed by atoms with van der Waals surface area (Å²) in [5.41, 5.74) is 3.47. The summed E-state index contributed by atoms with van der Waals surface area (Å²) in [6, 6.07) is 15.9. The van der Waals surface area contributed by atoms with Gasteiger partial charge in [-0.15, -0.1) is 10.2 Å². The van der Waals surface area contributed by atoms with Crippen LogP contribution in [0.1, 0.15) is 0 Å². The van der Waals surface area contributed by atoms with E-state index in [0.29, 0.717) is 26.3 Å². The van der Waals surface area contributed by atoms with Crippen LogP contribution < -0.4 is 0 Å². The highest BCUT2D eigenvalue weighted by Crippen LogP contribution is 2.30. The van der Waals surface area contributed by atoms with E-state index in [2.05, 4.69) is 44.5 Å². The highest BCUT2D eigenvalue weighted by molar-refractivity contribution is 5.76. The van der Waals surface area contributed by atoms with Crippen molar-refractivity contribution >= 4 is 22.1 Å². The fourth-order valence-electron chi connectivity index (χ4n) is 4.03. The molecule has 0 N–H and O–H groups in total. The predicted octanol–water partition coefficient (Wildman–Crippen LogP) is 1.49. The van der Waals surface area contributed by atoms with Crippen LogP contribution in [-0.2, 0) is 15.3 Å². The zero-order valence-corrected chi connectivity index (χ0v) is 19.0. The van der Waals surface area contributed by atoms with Gasteiger partial charge < -0.3 is 9.47 Å². The fourth-order valence-corrected chi connectivity index (χ4v) is 4.03. The Morgan fingerprint density at radius 3 is 1.81 bits per heavy atom. The van der Waals surface area contributed by atoms with Crippen molar-refractivity contribution in [1.82, 2.24) is 39.8 Å². The summed E-state index contributed by atoms with van der Waals surface area (Å²) in [6.45, 7) is 3.13. The Hall–Kier alpha value is -2.92. The summed E-state index contributed by atoms with van der Waals surface area (Å²) in [5, 5.41) is 18.2. The van der Waals surface area contributed by atoms with Crippen LogP contribution in [0.4, 0.5) is 0 Å². The minimum atomic E-state index is -0.854. The van der Waals surface area contributed by atoms with Crippen LogP contribution in [0, 0.1) is 0 Å². The number of likely N-dealkylation sites (N-methyl/N-ethyl adjacent to an activating group) is 2. The maximum Gasteiger partial charge on any atom is 0.227 e. The maximum absolute atomic E-state index is 5.42. The van der Waals surface area contributed by atoms with Gasteiger partial charge in [0.1, 0.15) is 11.0 Å². The zero-order chi connectivity index (χ0) is 22.6. The van der Waals surface area contributed by atoms with E-state index >= 15 is 0 Å². The van der Waals surface area contributed by atoms with Crippen molar-refractivity contribution in [3.8, 4) is 0 Å². The molecule has 4 rings (SSSR count). The van der Waals surface area contributed by atoms with Crippen LogP contribution in [0.15, 0.2) is 48.5 Å². The summed E-state index contributed by atoms with van der Waals surface area (Å²) < 4.78 is 14.6. The van der Waals surface area contributed by atoms with E-state index in [1.807, 2.05) is 57.9 Å². The van der Waals surface area contributed by atoms with E-state index in [1.54, 1.807) is 14.2 Å². The molecule has 2 aromatic carbocycles. The third-order valence-electron chi connectivity index (χ3n) is 5.78. The largest absolute Gasteiger partial charge is 0.383 e. The lowest BCUT2D eigenvalue weighted by atomic mass is 10.2. The van der Waals surface area contributed by atoms with Gasteiger partial charge in [-0.25, -0.2) is 9.36 Å². The second-order valence-corrected chi connectivity index (χ2v) is 7.90. The average Bonchev–Trinajstić information content (AvgIpc) is 3.45. The summed E-state index contributed by atoms with van der Waals surface area (Å²) in [4.78, 5) is 4.40. The maximum atomic E-state index is 5.42. The second-order valence-electron chi connectivity index (χ2n) is 7.90. The van der Waals surface area contributed by atoms with Gasteiger partial charge in [0.15, 0.2) is 0 Å². The van der Waals surface area contributed by atoms with Gasteiger partial charge >= 0.3 is 0 Å². The van der Waals surface area contributed by atoms with Crippen LogP contribution in [0.5, 0.6) is 0 Å². The Kier molecular flexibility index (Phi) is 6.75. The van der Waals surface area contributed by atoms with Crippen LogP contribution in [-0.4, -0.2) is 101 Å². The molecule has 2 heterocycles. The molecule has 0 aliphatic carbocycles. The monoisotopic (exact) mass is 438 g/mol. The predicted molar refractivity (Wildman–Crippen MR) is 122 cm³/mol. The van der Waals surface area contributed by atoms with Gasteiger partial charge in [-0.2, -0.15) is 0 Å². The van der Waals surface area contributed by atoms with Crippen molar-refractivity contribution in [2.24, 2.45) is 0 Å². The lowest BCUT2D eigenvalue weighted by molar-refractivity contribution is -0.0461. The number of hydrogen-bond donors (Lipinski definition) is 0. The Balaban J connectivity index is 1.97. The molecule has 4 aromatic rings. The van der Waals surface area contributed by atoms with Crippen molar-refractivity contribution < 1.29 is 9.47 Å². The lowest BCUT2D eigenvalue weighted by Crippen LogP contribution is -2.61. The Morgan fingerprint density at radius 2 is 1.28 bits per heavy atom. The molecule has 0 saturated carbocycles. The first-order valence-corrected chi connectivity index (χ1v) is 10.6. The lowest BCUT2D eigenvalue weighted by Gasteiger charge is -2.43. The number of rotatable bonds is 11. The molecule has 10 heteroatoms. The van der Waals surface area contributed by atoms with Gasteiger partial charge in [-0.1, -0.05) is 34.7 Å². The van der Waals surface area contributed by atoms with Gasteiger partial charge in [-0.3, -0.25) is 9.80 Å². The second kappa shape index (κ2) is 9.70. The molecule has 0 saturated heterocycles. The highest BCUT2D eigenvalue weighted by Gasteiger charge is 2.44. The molecule has 170 valence electrons. The van der Waals surface area contributed by atoms with Crippen molar-refractivity contribution in [1.29, 1.82) is 0 Å². The van der Waals surface area contributed by atoms with E-state index in [9.17, 15) is 0 Å². The van der Waals surface area contributed by atoms with Gasteiger partial charge in [0.05, 0.1) is 30.8 Å². The van der Waals surface area contributed by atoms with Crippen LogP contribution >= 0.6 is 0 Å². The summed E-state index contributed by atoms with van der Waals surface area (Å²) in [7, 11) is 7.53. The molecule has 0 aliphatic rings. The smallest absolute Gasteiger partial charge is 0.227 e. The third-order valence-corrected chi connectivity index (χ3v) is 5.78. The third kappa shape index (κ3) is 3.97. The van der Waals surface area contributed by atoms with E-state index in [4.69, 9.17) is 9.47 Å². The van der Waals surface area contributed by atoms with E-state index < -0.39 is 5.79 Å². The number of nitrogens with zero attached hydrogens (tertiary/aromatic N) is 8. The Morgan fingerprint density at radius 1 is 0.781 bits per heavy atom. The molecule has 0 fully saturated rings. The number of methoxy groups -OCH3 is 2. The molecule has 0 aliphatic heterocycles. The first-order chi connectivity index (χ1) is 15.6. The molecular weight excluding hydrogens is 408 g/mol. The van der Waals surface area contributed by atoms with Crippen LogP contribution in [0.25, 0.3) is 22.1 Å².